The first-order chi connectivity index (χ1) is 15.6. The van der Waals surface area contributed by atoms with Gasteiger partial charge in [0.2, 0.25) is 5.95 Å². The number of nitrogens with one attached hydrogen (secondary N) is 1. The summed E-state index contributed by atoms with van der Waals surface area (Å²) in [7, 11) is 0. The maximum Gasteiger partial charge on any atom is 0.416 e. The quantitative estimate of drug-likeness (QED) is 0.342. The number of carbonyl (C=O) groups is 1. The van der Waals surface area contributed by atoms with Crippen LogP contribution in [-0.2, 0) is 12.7 Å². The molecule has 0 aliphatic rings. The summed E-state index contributed by atoms with van der Waals surface area (Å²) in [5, 5.41) is 12.5. The first-order valence-corrected chi connectivity index (χ1v) is 10.4. The molecule has 0 fully saturated rings. The van der Waals surface area contributed by atoms with Crippen molar-refractivity contribution in [1.82, 2.24) is 9.55 Å². The van der Waals surface area contributed by atoms with Crippen molar-refractivity contribution in [2.24, 2.45) is 0 Å². The molecule has 2 N–H and O–H groups in total. The minimum absolute atomic E-state index is 0.0516. The lowest BCUT2D eigenvalue weighted by molar-refractivity contribution is -0.138. The highest BCUT2D eigenvalue weighted by molar-refractivity contribution is 5.93. The van der Waals surface area contributed by atoms with Gasteiger partial charge in [0.1, 0.15) is 0 Å². The van der Waals surface area contributed by atoms with Crippen molar-refractivity contribution >= 4 is 28.6 Å². The van der Waals surface area contributed by atoms with Gasteiger partial charge in [-0.05, 0) is 53.4 Å². The summed E-state index contributed by atoms with van der Waals surface area (Å²) in [5.74, 6) is -0.425. The fourth-order valence-electron chi connectivity index (χ4n) is 3.70. The van der Waals surface area contributed by atoms with E-state index < -0.39 is 17.7 Å². The zero-order valence-electron chi connectivity index (χ0n) is 18.0. The van der Waals surface area contributed by atoms with Gasteiger partial charge in [0.15, 0.2) is 0 Å². The van der Waals surface area contributed by atoms with Gasteiger partial charge in [0.05, 0.1) is 28.7 Å². The van der Waals surface area contributed by atoms with Gasteiger partial charge in [0, 0.05) is 5.69 Å². The Morgan fingerprint density at radius 2 is 1.76 bits per heavy atom. The molecule has 0 atom stereocenters. The molecule has 1 heterocycles. The first kappa shape index (κ1) is 22.4. The first-order valence-electron chi connectivity index (χ1n) is 10.4. The summed E-state index contributed by atoms with van der Waals surface area (Å²) in [6.45, 7) is 4.07. The lowest BCUT2D eigenvalue weighted by atomic mass is 10.0. The number of anilines is 2. The summed E-state index contributed by atoms with van der Waals surface area (Å²) in [6, 6.07) is 17.5. The SMILES string of the molecule is CC(C)c1ccc(Nc2nc3cc(C(=O)O)ccc3n2Cc2ccccc2C(F)(F)F)cc1. The number of halogens is 3. The Kier molecular flexibility index (Phi) is 5.84. The normalized spacial score (nSPS) is 11.8. The number of aromatic carboxylic acids is 1. The van der Waals surface area contributed by atoms with Gasteiger partial charge in [-0.2, -0.15) is 13.2 Å². The molecule has 0 amide bonds. The van der Waals surface area contributed by atoms with E-state index in [4.69, 9.17) is 0 Å². The van der Waals surface area contributed by atoms with E-state index in [1.165, 1.54) is 24.3 Å². The van der Waals surface area contributed by atoms with Gasteiger partial charge in [0.25, 0.3) is 0 Å². The molecule has 0 saturated carbocycles. The summed E-state index contributed by atoms with van der Waals surface area (Å²) >= 11 is 0. The van der Waals surface area contributed by atoms with Gasteiger partial charge >= 0.3 is 12.1 Å². The fourth-order valence-corrected chi connectivity index (χ4v) is 3.70. The average molecular weight is 453 g/mol. The molecule has 0 aliphatic heterocycles. The molecule has 0 bridgehead atoms. The van der Waals surface area contributed by atoms with Crippen LogP contribution in [0.5, 0.6) is 0 Å². The van der Waals surface area contributed by atoms with Crippen molar-refractivity contribution in [2.45, 2.75) is 32.5 Å². The largest absolute Gasteiger partial charge is 0.478 e. The minimum atomic E-state index is -4.50. The maximum atomic E-state index is 13.6. The third-order valence-corrected chi connectivity index (χ3v) is 5.48. The summed E-state index contributed by atoms with van der Waals surface area (Å²) in [6.07, 6.45) is -4.50. The van der Waals surface area contributed by atoms with Gasteiger partial charge in [-0.15, -0.1) is 0 Å². The molecule has 170 valence electrons. The standard InChI is InChI=1S/C25H22F3N3O2/c1-15(2)16-7-10-19(11-8-16)29-24-30-21-13-17(23(32)33)9-12-22(21)31(24)14-18-5-3-4-6-20(18)25(26,27)28/h3-13,15H,14H2,1-2H3,(H,29,30)(H,32,33). The van der Waals surface area contributed by atoms with Gasteiger partial charge in [-0.1, -0.05) is 44.2 Å². The Morgan fingerprint density at radius 3 is 2.39 bits per heavy atom. The number of carboxylic acid groups (broad SMARTS) is 1. The molecule has 0 spiro atoms. The Labute approximate surface area is 188 Å². The molecule has 5 nitrogen and oxygen atoms in total. The lowest BCUT2D eigenvalue weighted by Gasteiger charge is -2.16. The number of nitrogens with zero attached hydrogens (tertiary/aromatic N) is 2. The Morgan fingerprint density at radius 1 is 1.06 bits per heavy atom. The Bertz CT molecular complexity index is 1310. The molecular weight excluding hydrogens is 431 g/mol. The second-order valence-electron chi connectivity index (χ2n) is 8.09. The van der Waals surface area contributed by atoms with Gasteiger partial charge < -0.3 is 15.0 Å². The monoisotopic (exact) mass is 453 g/mol. The van der Waals surface area contributed by atoms with E-state index in [1.54, 1.807) is 16.7 Å². The zero-order chi connectivity index (χ0) is 23.8. The van der Waals surface area contributed by atoms with Crippen LogP contribution >= 0.6 is 0 Å². The molecule has 3 aromatic carbocycles. The summed E-state index contributed by atoms with van der Waals surface area (Å²) in [4.78, 5) is 15.9. The van der Waals surface area contributed by atoms with Crippen molar-refractivity contribution in [3.63, 3.8) is 0 Å². The second-order valence-corrected chi connectivity index (χ2v) is 8.09. The molecule has 4 rings (SSSR count). The van der Waals surface area contributed by atoms with E-state index in [9.17, 15) is 23.1 Å². The average Bonchev–Trinajstić information content (AvgIpc) is 3.10. The third kappa shape index (κ3) is 4.69. The number of alkyl halides is 3. The number of hydrogen-bond acceptors (Lipinski definition) is 3. The van der Waals surface area contributed by atoms with Crippen LogP contribution in [0.25, 0.3) is 11.0 Å². The van der Waals surface area contributed by atoms with E-state index >= 15 is 0 Å². The number of benzene rings is 3. The van der Waals surface area contributed by atoms with Crippen LogP contribution < -0.4 is 5.32 Å². The third-order valence-electron chi connectivity index (χ3n) is 5.48. The number of hydrogen-bond donors (Lipinski definition) is 2. The fraction of sp³-hybridized carbons (Fsp3) is 0.200. The van der Waals surface area contributed by atoms with Crippen LogP contribution in [-0.4, -0.2) is 20.6 Å². The molecule has 0 saturated heterocycles. The Balaban J connectivity index is 1.80. The number of carboxylic acids is 1. The van der Waals surface area contributed by atoms with Crippen molar-refractivity contribution in [1.29, 1.82) is 0 Å². The van der Waals surface area contributed by atoms with Crippen molar-refractivity contribution in [3.05, 3.63) is 89.0 Å². The van der Waals surface area contributed by atoms with Crippen LogP contribution in [0.4, 0.5) is 24.8 Å². The van der Waals surface area contributed by atoms with Gasteiger partial charge in [-0.3, -0.25) is 0 Å². The lowest BCUT2D eigenvalue weighted by Crippen LogP contribution is -2.13. The molecule has 1 aromatic heterocycles. The zero-order valence-corrected chi connectivity index (χ0v) is 18.0. The Hall–Kier alpha value is -3.81. The highest BCUT2D eigenvalue weighted by atomic mass is 19.4. The van der Waals surface area contributed by atoms with E-state index in [-0.39, 0.29) is 17.7 Å². The molecule has 0 aliphatic carbocycles. The van der Waals surface area contributed by atoms with E-state index in [0.717, 1.165) is 17.3 Å². The number of rotatable bonds is 6. The predicted octanol–water partition coefficient (Wildman–Crippen LogP) is 6.67. The van der Waals surface area contributed by atoms with E-state index in [0.29, 0.717) is 22.9 Å². The minimum Gasteiger partial charge on any atom is -0.478 e. The smallest absolute Gasteiger partial charge is 0.416 e. The van der Waals surface area contributed by atoms with Crippen LogP contribution in [0.1, 0.15) is 46.8 Å². The highest BCUT2D eigenvalue weighted by Crippen LogP contribution is 2.34. The number of fused-ring (bicyclic) bond motifs is 1. The summed E-state index contributed by atoms with van der Waals surface area (Å²) in [5.41, 5.74) is 2.19. The molecule has 0 unspecified atom stereocenters. The molecule has 4 aromatic rings. The van der Waals surface area contributed by atoms with Crippen LogP contribution in [0, 0.1) is 0 Å². The van der Waals surface area contributed by atoms with Crippen molar-refractivity contribution in [2.75, 3.05) is 5.32 Å². The molecule has 0 radical (unpaired) electrons. The van der Waals surface area contributed by atoms with Crippen molar-refractivity contribution < 1.29 is 23.1 Å². The topological polar surface area (TPSA) is 67.2 Å². The number of imidazole rings is 1. The van der Waals surface area contributed by atoms with E-state index in [1.807, 2.05) is 24.3 Å². The molecule has 8 heteroatoms. The van der Waals surface area contributed by atoms with Crippen molar-refractivity contribution in [3.8, 4) is 0 Å². The van der Waals surface area contributed by atoms with Crippen LogP contribution in [0.15, 0.2) is 66.7 Å². The molecule has 33 heavy (non-hydrogen) atoms. The van der Waals surface area contributed by atoms with Crippen LogP contribution in [0.3, 0.4) is 0 Å². The number of aromatic nitrogens is 2. The summed E-state index contributed by atoms with van der Waals surface area (Å²) < 4.78 is 42.4. The molecular formula is C25H22F3N3O2. The van der Waals surface area contributed by atoms with Crippen LogP contribution in [0.2, 0.25) is 0 Å². The second kappa shape index (κ2) is 8.61. The van der Waals surface area contributed by atoms with Gasteiger partial charge in [-0.25, -0.2) is 9.78 Å². The predicted molar refractivity (Wildman–Crippen MR) is 121 cm³/mol. The highest BCUT2D eigenvalue weighted by Gasteiger charge is 2.33. The maximum absolute atomic E-state index is 13.6. The van der Waals surface area contributed by atoms with E-state index in [2.05, 4.69) is 24.1 Å².